The normalized spacial score (nSPS) is 17.7. The minimum absolute atomic E-state index is 0.0375. The molecule has 6 nitrogen and oxygen atoms in total. The molecule has 0 aromatic rings. The maximum atomic E-state index is 10.8. The third-order valence-electron chi connectivity index (χ3n) is 2.85. The Bertz CT molecular complexity index is 320. The Morgan fingerprint density at radius 2 is 1.83 bits per heavy atom. The van der Waals surface area contributed by atoms with Crippen LogP contribution in [0, 0.1) is 0 Å². The third kappa shape index (κ3) is 5.79. The van der Waals surface area contributed by atoms with E-state index in [1.54, 1.807) is 0 Å². The molecule has 0 aromatic heterocycles. The van der Waals surface area contributed by atoms with Crippen LogP contribution in [0.5, 0.6) is 0 Å². The number of hydrogen-bond acceptors (Lipinski definition) is 4. The molecule has 1 aliphatic heterocycles. The van der Waals surface area contributed by atoms with Gasteiger partial charge in [0, 0.05) is 24.7 Å². The Hall–Kier alpha value is -1.40. The molecule has 1 rings (SSSR count). The van der Waals surface area contributed by atoms with Gasteiger partial charge in [0.05, 0.1) is 13.2 Å². The topological polar surface area (TPSA) is 87.1 Å². The second kappa shape index (κ2) is 7.84. The molecule has 1 saturated heterocycles. The van der Waals surface area contributed by atoms with Crippen molar-refractivity contribution in [3.8, 4) is 0 Å². The third-order valence-corrected chi connectivity index (χ3v) is 2.85. The summed E-state index contributed by atoms with van der Waals surface area (Å²) >= 11 is 0. The molecule has 0 aromatic carbocycles. The van der Waals surface area contributed by atoms with Gasteiger partial charge in [-0.3, -0.25) is 4.90 Å². The molecule has 1 heterocycles. The summed E-state index contributed by atoms with van der Waals surface area (Å²) < 4.78 is 5.23. The summed E-state index contributed by atoms with van der Waals surface area (Å²) in [5, 5.41) is 17.3. The molecule has 102 valence electrons. The molecule has 1 aliphatic rings. The number of nitrogens with zero attached hydrogens (tertiary/aromatic N) is 1. The van der Waals surface area contributed by atoms with Gasteiger partial charge in [-0.2, -0.15) is 0 Å². The number of carboxylic acids is 2. The molecule has 2 N–H and O–H groups in total. The smallest absolute Gasteiger partial charge is 0.331 e. The van der Waals surface area contributed by atoms with Gasteiger partial charge in [0.2, 0.25) is 0 Å². The van der Waals surface area contributed by atoms with Crippen LogP contribution in [0.3, 0.4) is 0 Å². The first-order valence-corrected chi connectivity index (χ1v) is 6.06. The molecule has 0 saturated carbocycles. The predicted octanol–water partition coefficient (Wildman–Crippen LogP) is 0.585. The van der Waals surface area contributed by atoms with E-state index >= 15 is 0 Å². The van der Waals surface area contributed by atoms with Crippen molar-refractivity contribution in [2.75, 3.05) is 32.8 Å². The molecule has 0 unspecified atom stereocenters. The van der Waals surface area contributed by atoms with Gasteiger partial charge in [0.1, 0.15) is 0 Å². The average Bonchev–Trinajstić information content (AvgIpc) is 2.33. The summed E-state index contributed by atoms with van der Waals surface area (Å²) in [5.41, 5.74) is -0.0375. The first-order chi connectivity index (χ1) is 8.59. The Balaban J connectivity index is 2.22. The van der Waals surface area contributed by atoms with Crippen LogP contribution < -0.4 is 0 Å². The summed E-state index contributed by atoms with van der Waals surface area (Å²) in [6, 6.07) is 0. The number of morpholine rings is 1. The molecule has 0 bridgehead atoms. The first-order valence-electron chi connectivity index (χ1n) is 6.06. The van der Waals surface area contributed by atoms with E-state index in [0.717, 1.165) is 45.3 Å². The van der Waals surface area contributed by atoms with E-state index in [1.165, 1.54) is 0 Å². The van der Waals surface area contributed by atoms with Gasteiger partial charge in [-0.05, 0) is 25.8 Å². The quantitative estimate of drug-likeness (QED) is 0.512. The number of rotatable bonds is 7. The highest BCUT2D eigenvalue weighted by molar-refractivity contribution is 5.94. The molecule has 18 heavy (non-hydrogen) atoms. The van der Waals surface area contributed by atoms with Crippen LogP contribution in [-0.2, 0) is 14.3 Å². The fourth-order valence-electron chi connectivity index (χ4n) is 1.87. The summed E-state index contributed by atoms with van der Waals surface area (Å²) in [6.45, 7) is 4.23. The Morgan fingerprint density at radius 3 is 2.39 bits per heavy atom. The van der Waals surface area contributed by atoms with E-state index in [1.807, 2.05) is 0 Å². The zero-order chi connectivity index (χ0) is 13.4. The number of unbranched alkanes of at least 4 members (excludes halogenated alkanes) is 1. The Kier molecular flexibility index (Phi) is 6.38. The first kappa shape index (κ1) is 14.7. The highest BCUT2D eigenvalue weighted by Crippen LogP contribution is 2.09. The van der Waals surface area contributed by atoms with Crippen molar-refractivity contribution in [3.05, 3.63) is 11.6 Å². The lowest BCUT2D eigenvalue weighted by atomic mass is 10.1. The molecular formula is C12H19NO5. The largest absolute Gasteiger partial charge is 0.478 e. The molecule has 0 spiro atoms. The van der Waals surface area contributed by atoms with Gasteiger partial charge in [0.15, 0.2) is 0 Å². The minimum atomic E-state index is -1.21. The van der Waals surface area contributed by atoms with Gasteiger partial charge in [-0.1, -0.05) is 0 Å². The fourth-order valence-corrected chi connectivity index (χ4v) is 1.87. The second-order valence-electron chi connectivity index (χ2n) is 4.22. The molecule has 1 fully saturated rings. The number of carboxylic acid groups (broad SMARTS) is 2. The van der Waals surface area contributed by atoms with E-state index < -0.39 is 11.9 Å². The zero-order valence-electron chi connectivity index (χ0n) is 10.3. The van der Waals surface area contributed by atoms with Gasteiger partial charge < -0.3 is 14.9 Å². The van der Waals surface area contributed by atoms with E-state index in [0.29, 0.717) is 12.8 Å². The van der Waals surface area contributed by atoms with Crippen LogP contribution >= 0.6 is 0 Å². The lowest BCUT2D eigenvalue weighted by molar-refractivity contribution is -0.135. The highest BCUT2D eigenvalue weighted by atomic mass is 16.5. The van der Waals surface area contributed by atoms with Crippen LogP contribution in [0.15, 0.2) is 11.6 Å². The maximum absolute atomic E-state index is 10.8. The molecular weight excluding hydrogens is 238 g/mol. The van der Waals surface area contributed by atoms with Crippen molar-refractivity contribution >= 4 is 11.9 Å². The van der Waals surface area contributed by atoms with Crippen LogP contribution in [0.4, 0.5) is 0 Å². The van der Waals surface area contributed by atoms with E-state index in [-0.39, 0.29) is 5.57 Å². The van der Waals surface area contributed by atoms with Gasteiger partial charge >= 0.3 is 11.9 Å². The summed E-state index contributed by atoms with van der Waals surface area (Å²) in [5.74, 6) is -2.36. The van der Waals surface area contributed by atoms with Crippen molar-refractivity contribution in [1.82, 2.24) is 4.90 Å². The van der Waals surface area contributed by atoms with Gasteiger partial charge in [-0.25, -0.2) is 9.59 Å². The maximum Gasteiger partial charge on any atom is 0.331 e. The van der Waals surface area contributed by atoms with Crippen molar-refractivity contribution in [1.29, 1.82) is 0 Å². The van der Waals surface area contributed by atoms with Crippen LogP contribution in [0.25, 0.3) is 0 Å². The van der Waals surface area contributed by atoms with Crippen molar-refractivity contribution in [2.45, 2.75) is 19.3 Å². The minimum Gasteiger partial charge on any atom is -0.478 e. The monoisotopic (exact) mass is 257 g/mol. The van der Waals surface area contributed by atoms with Crippen molar-refractivity contribution in [3.63, 3.8) is 0 Å². The number of hydrogen-bond donors (Lipinski definition) is 2. The van der Waals surface area contributed by atoms with E-state index in [2.05, 4.69) is 4.90 Å². The predicted molar refractivity (Wildman–Crippen MR) is 64.5 cm³/mol. The Labute approximate surface area is 106 Å². The van der Waals surface area contributed by atoms with Crippen molar-refractivity contribution in [2.24, 2.45) is 0 Å². The summed E-state index contributed by atoms with van der Waals surface area (Å²) in [4.78, 5) is 23.5. The van der Waals surface area contributed by atoms with Gasteiger partial charge in [-0.15, -0.1) is 0 Å². The number of carbonyl (C=O) groups is 2. The number of ether oxygens (including phenoxy) is 1. The lowest BCUT2D eigenvalue weighted by Crippen LogP contribution is -2.36. The highest BCUT2D eigenvalue weighted by Gasteiger charge is 2.11. The lowest BCUT2D eigenvalue weighted by Gasteiger charge is -2.26. The fraction of sp³-hybridized carbons (Fsp3) is 0.667. The van der Waals surface area contributed by atoms with E-state index in [4.69, 9.17) is 14.9 Å². The standard InChI is InChI=1S/C12H19NO5/c14-11(15)9-10(12(16)17)3-1-2-4-13-5-7-18-8-6-13/h9H,1-8H2,(H,14,15)(H,16,17). The molecule has 0 amide bonds. The van der Waals surface area contributed by atoms with Crippen LogP contribution in [-0.4, -0.2) is 59.9 Å². The zero-order valence-corrected chi connectivity index (χ0v) is 10.3. The molecule has 0 atom stereocenters. The summed E-state index contributed by atoms with van der Waals surface area (Å²) in [7, 11) is 0. The molecule has 0 aliphatic carbocycles. The van der Waals surface area contributed by atoms with E-state index in [9.17, 15) is 9.59 Å². The molecule has 6 heteroatoms. The molecule has 0 radical (unpaired) electrons. The average molecular weight is 257 g/mol. The van der Waals surface area contributed by atoms with Crippen molar-refractivity contribution < 1.29 is 24.5 Å². The van der Waals surface area contributed by atoms with Gasteiger partial charge in [0.25, 0.3) is 0 Å². The van der Waals surface area contributed by atoms with Crippen LogP contribution in [0.1, 0.15) is 19.3 Å². The van der Waals surface area contributed by atoms with Crippen LogP contribution in [0.2, 0.25) is 0 Å². The SMILES string of the molecule is O=C(O)C=C(CCCCN1CCOCC1)C(=O)O. The second-order valence-corrected chi connectivity index (χ2v) is 4.22. The number of aliphatic carboxylic acids is 2. The summed E-state index contributed by atoms with van der Waals surface area (Å²) in [6.07, 6.45) is 2.62. The Morgan fingerprint density at radius 1 is 1.17 bits per heavy atom.